The zero-order valence-electron chi connectivity index (χ0n) is 16.2. The molecule has 0 aliphatic heterocycles. The molecule has 0 aromatic heterocycles. The molecule has 0 aliphatic rings. The lowest BCUT2D eigenvalue weighted by atomic mass is 9.99. The van der Waals surface area contributed by atoms with Crippen LogP contribution in [0.5, 0.6) is 0 Å². The molecule has 0 spiro atoms. The van der Waals surface area contributed by atoms with Crippen LogP contribution in [0.2, 0.25) is 0 Å². The van der Waals surface area contributed by atoms with Crippen LogP contribution in [-0.4, -0.2) is 39.9 Å². The van der Waals surface area contributed by atoms with E-state index in [1.807, 2.05) is 12.1 Å². The molecule has 0 heterocycles. The van der Waals surface area contributed by atoms with Gasteiger partial charge in [-0.15, -0.1) is 0 Å². The standard InChI is InChI=1S/C22H36O4/c1-2-3-4-5-6-7-8-9-18-10-12-19(13-11-18)14-20(24)15-21(25)16-22(26)17-23/h10-13,20,22-24,26H,2-9,14-17H2,1H3. The van der Waals surface area contributed by atoms with Crippen molar-refractivity contribution < 1.29 is 20.1 Å². The highest BCUT2D eigenvalue weighted by atomic mass is 16.3. The van der Waals surface area contributed by atoms with Crippen LogP contribution < -0.4 is 0 Å². The fourth-order valence-electron chi connectivity index (χ4n) is 3.15. The monoisotopic (exact) mass is 364 g/mol. The summed E-state index contributed by atoms with van der Waals surface area (Å²) in [5.41, 5.74) is 2.33. The molecule has 26 heavy (non-hydrogen) atoms. The molecule has 2 unspecified atom stereocenters. The molecule has 0 fully saturated rings. The average Bonchev–Trinajstić information content (AvgIpc) is 2.62. The molecule has 4 heteroatoms. The molecule has 1 rings (SSSR count). The summed E-state index contributed by atoms with van der Waals surface area (Å²) in [5, 5.41) is 28.0. The van der Waals surface area contributed by atoms with Gasteiger partial charge in [-0.05, 0) is 30.4 Å². The Morgan fingerprint density at radius 1 is 0.846 bits per heavy atom. The van der Waals surface area contributed by atoms with Crippen LogP contribution in [-0.2, 0) is 17.6 Å². The van der Waals surface area contributed by atoms with E-state index in [0.29, 0.717) is 6.42 Å². The van der Waals surface area contributed by atoms with Gasteiger partial charge in [0.1, 0.15) is 5.78 Å². The van der Waals surface area contributed by atoms with E-state index >= 15 is 0 Å². The Morgan fingerprint density at radius 2 is 1.38 bits per heavy atom. The van der Waals surface area contributed by atoms with Crippen molar-refractivity contribution in [3.8, 4) is 0 Å². The third-order valence-corrected chi connectivity index (χ3v) is 4.70. The maximum absolute atomic E-state index is 11.7. The van der Waals surface area contributed by atoms with Crippen molar-refractivity contribution in [3.05, 3.63) is 35.4 Å². The Labute approximate surface area is 158 Å². The number of carbonyl (C=O) groups is 1. The SMILES string of the molecule is CCCCCCCCCc1ccc(CC(O)CC(=O)CC(O)CO)cc1. The topological polar surface area (TPSA) is 77.8 Å². The molecule has 0 radical (unpaired) electrons. The molecule has 0 bridgehead atoms. The van der Waals surface area contributed by atoms with Gasteiger partial charge in [0.2, 0.25) is 0 Å². The second-order valence-electron chi connectivity index (χ2n) is 7.33. The van der Waals surface area contributed by atoms with Crippen molar-refractivity contribution >= 4 is 5.78 Å². The maximum atomic E-state index is 11.7. The molecule has 4 nitrogen and oxygen atoms in total. The van der Waals surface area contributed by atoms with E-state index in [1.165, 1.54) is 50.5 Å². The Hall–Kier alpha value is -1.23. The molecule has 0 amide bonds. The first-order chi connectivity index (χ1) is 12.5. The number of Topliss-reactive ketones (excluding diaryl/α,β-unsaturated/α-hetero) is 1. The summed E-state index contributed by atoms with van der Waals surface area (Å²) in [4.78, 5) is 11.7. The third kappa shape index (κ3) is 10.7. The van der Waals surface area contributed by atoms with Crippen LogP contribution in [0.3, 0.4) is 0 Å². The van der Waals surface area contributed by atoms with Gasteiger partial charge in [-0.2, -0.15) is 0 Å². The minimum absolute atomic E-state index is 0.0108. The van der Waals surface area contributed by atoms with Gasteiger partial charge in [-0.1, -0.05) is 69.7 Å². The summed E-state index contributed by atoms with van der Waals surface area (Å²) in [7, 11) is 0. The molecular formula is C22H36O4. The smallest absolute Gasteiger partial charge is 0.138 e. The van der Waals surface area contributed by atoms with Gasteiger partial charge in [-0.25, -0.2) is 0 Å². The molecule has 0 aliphatic carbocycles. The highest BCUT2D eigenvalue weighted by Crippen LogP contribution is 2.13. The van der Waals surface area contributed by atoms with Gasteiger partial charge in [0.05, 0.1) is 18.8 Å². The highest BCUT2D eigenvalue weighted by molar-refractivity contribution is 5.79. The number of ketones is 1. The molecule has 1 aromatic rings. The summed E-state index contributed by atoms with van der Waals surface area (Å²) < 4.78 is 0. The summed E-state index contributed by atoms with van der Waals surface area (Å²) in [6.45, 7) is 1.81. The van der Waals surface area contributed by atoms with Crippen molar-refractivity contribution in [2.24, 2.45) is 0 Å². The number of rotatable bonds is 15. The molecule has 3 N–H and O–H groups in total. The number of hydrogen-bond donors (Lipinski definition) is 3. The third-order valence-electron chi connectivity index (χ3n) is 4.70. The minimum atomic E-state index is -1.03. The molecular weight excluding hydrogens is 328 g/mol. The number of unbranched alkanes of at least 4 members (excludes halogenated alkanes) is 6. The van der Waals surface area contributed by atoms with E-state index in [4.69, 9.17) is 5.11 Å². The number of hydrogen-bond acceptors (Lipinski definition) is 4. The molecule has 1 aromatic carbocycles. The Balaban J connectivity index is 2.24. The highest BCUT2D eigenvalue weighted by Gasteiger charge is 2.15. The summed E-state index contributed by atoms with van der Waals surface area (Å²) >= 11 is 0. The lowest BCUT2D eigenvalue weighted by Gasteiger charge is -2.12. The second-order valence-corrected chi connectivity index (χ2v) is 7.33. The first-order valence-electron chi connectivity index (χ1n) is 10.1. The number of benzene rings is 1. The predicted octanol–water partition coefficient (Wildman–Crippen LogP) is 3.59. The summed E-state index contributed by atoms with van der Waals surface area (Å²) in [6, 6.07) is 8.26. The van der Waals surface area contributed by atoms with Crippen LogP contribution in [0, 0.1) is 0 Å². The van der Waals surface area contributed by atoms with E-state index in [0.717, 1.165) is 12.0 Å². The van der Waals surface area contributed by atoms with Crippen LogP contribution in [0.1, 0.15) is 75.8 Å². The van der Waals surface area contributed by atoms with Crippen molar-refractivity contribution in [1.29, 1.82) is 0 Å². The van der Waals surface area contributed by atoms with E-state index < -0.39 is 18.8 Å². The van der Waals surface area contributed by atoms with E-state index in [1.54, 1.807) is 0 Å². The van der Waals surface area contributed by atoms with Crippen LogP contribution in [0.15, 0.2) is 24.3 Å². The summed E-state index contributed by atoms with van der Waals surface area (Å²) in [5.74, 6) is -0.227. The average molecular weight is 365 g/mol. The van der Waals surface area contributed by atoms with Crippen LogP contribution in [0.25, 0.3) is 0 Å². The van der Waals surface area contributed by atoms with Gasteiger partial charge in [0.15, 0.2) is 0 Å². The fraction of sp³-hybridized carbons (Fsp3) is 0.682. The number of aliphatic hydroxyl groups is 3. The molecule has 0 saturated heterocycles. The summed E-state index contributed by atoms with van der Waals surface area (Å²) in [6.07, 6.45) is 8.82. The Kier molecular flexibility index (Phi) is 12.2. The first kappa shape index (κ1) is 22.8. The molecule has 2 atom stereocenters. The van der Waals surface area contributed by atoms with E-state index in [2.05, 4.69) is 19.1 Å². The van der Waals surface area contributed by atoms with Gasteiger partial charge >= 0.3 is 0 Å². The number of carbonyl (C=O) groups excluding carboxylic acids is 1. The zero-order chi connectivity index (χ0) is 19.2. The van der Waals surface area contributed by atoms with Crippen molar-refractivity contribution in [3.63, 3.8) is 0 Å². The largest absolute Gasteiger partial charge is 0.394 e. The molecule has 148 valence electrons. The van der Waals surface area contributed by atoms with Gasteiger partial charge < -0.3 is 15.3 Å². The Bertz CT molecular complexity index is 483. The van der Waals surface area contributed by atoms with Crippen molar-refractivity contribution in [1.82, 2.24) is 0 Å². The van der Waals surface area contributed by atoms with E-state index in [9.17, 15) is 15.0 Å². The molecule has 0 saturated carbocycles. The van der Waals surface area contributed by atoms with Crippen molar-refractivity contribution in [2.45, 2.75) is 89.8 Å². The van der Waals surface area contributed by atoms with Crippen LogP contribution in [0.4, 0.5) is 0 Å². The lowest BCUT2D eigenvalue weighted by molar-refractivity contribution is -0.123. The van der Waals surface area contributed by atoms with Gasteiger partial charge in [-0.3, -0.25) is 4.79 Å². The van der Waals surface area contributed by atoms with Crippen LogP contribution >= 0.6 is 0 Å². The zero-order valence-corrected chi connectivity index (χ0v) is 16.2. The normalized spacial score (nSPS) is 13.5. The van der Waals surface area contributed by atoms with Crippen molar-refractivity contribution in [2.75, 3.05) is 6.61 Å². The lowest BCUT2D eigenvalue weighted by Crippen LogP contribution is -2.22. The first-order valence-corrected chi connectivity index (χ1v) is 10.1. The predicted molar refractivity (Wildman–Crippen MR) is 105 cm³/mol. The second kappa shape index (κ2) is 13.9. The van der Waals surface area contributed by atoms with Gasteiger partial charge in [0.25, 0.3) is 0 Å². The number of aliphatic hydroxyl groups excluding tert-OH is 3. The minimum Gasteiger partial charge on any atom is -0.394 e. The van der Waals surface area contributed by atoms with Gasteiger partial charge in [0, 0.05) is 12.8 Å². The maximum Gasteiger partial charge on any atom is 0.138 e. The van der Waals surface area contributed by atoms with E-state index in [-0.39, 0.29) is 18.6 Å². The Morgan fingerprint density at radius 3 is 2.00 bits per heavy atom. The number of aryl methyl sites for hydroxylation is 1. The quantitative estimate of drug-likeness (QED) is 0.416. The fourth-order valence-corrected chi connectivity index (χ4v) is 3.15.